The van der Waals surface area contributed by atoms with Gasteiger partial charge in [-0.1, -0.05) is 121 Å². The van der Waals surface area contributed by atoms with E-state index in [1.54, 1.807) is 24.8 Å². The Labute approximate surface area is 279 Å². The molecule has 48 heavy (non-hydrogen) atoms. The SMILES string of the molecule is c1ccc(-c2cc(-c3nc(-c4cccnc4)nc(-c4cccnc4)n3)ccc2-c2cccc(-c3ccccc3)c2-c2ccccc2)cc1. The Morgan fingerprint density at radius 2 is 0.771 bits per heavy atom. The molecule has 0 unspecified atom stereocenters. The number of pyridine rings is 2. The lowest BCUT2D eigenvalue weighted by Crippen LogP contribution is -2.01. The van der Waals surface area contributed by atoms with Crippen LogP contribution in [0.4, 0.5) is 0 Å². The smallest absolute Gasteiger partial charge is 0.165 e. The highest BCUT2D eigenvalue weighted by Crippen LogP contribution is 2.44. The fourth-order valence-corrected chi connectivity index (χ4v) is 6.08. The lowest BCUT2D eigenvalue weighted by Gasteiger charge is -2.19. The minimum atomic E-state index is 0.555. The van der Waals surface area contributed by atoms with Crippen LogP contribution in [0.1, 0.15) is 0 Å². The number of rotatable bonds is 7. The predicted octanol–water partition coefficient (Wildman–Crippen LogP) is 10.3. The fourth-order valence-electron chi connectivity index (χ4n) is 6.08. The third kappa shape index (κ3) is 5.77. The van der Waals surface area contributed by atoms with Gasteiger partial charge in [-0.05, 0) is 74.8 Å². The Balaban J connectivity index is 1.36. The van der Waals surface area contributed by atoms with Gasteiger partial charge in [-0.3, -0.25) is 9.97 Å². The molecule has 0 saturated heterocycles. The molecule has 226 valence electrons. The van der Waals surface area contributed by atoms with E-state index >= 15 is 0 Å². The Morgan fingerprint density at radius 3 is 1.31 bits per heavy atom. The van der Waals surface area contributed by atoms with Crippen LogP contribution in [0.25, 0.3) is 78.7 Å². The first kappa shape index (κ1) is 28.9. The maximum absolute atomic E-state index is 4.97. The van der Waals surface area contributed by atoms with Crippen molar-refractivity contribution < 1.29 is 0 Å². The first-order chi connectivity index (χ1) is 23.8. The molecular weight excluding hydrogens is 587 g/mol. The van der Waals surface area contributed by atoms with Gasteiger partial charge in [0.25, 0.3) is 0 Å². The van der Waals surface area contributed by atoms with Gasteiger partial charge in [0.05, 0.1) is 0 Å². The molecule has 5 nitrogen and oxygen atoms in total. The van der Waals surface area contributed by atoms with E-state index in [2.05, 4.69) is 131 Å². The topological polar surface area (TPSA) is 64.5 Å². The zero-order valence-corrected chi connectivity index (χ0v) is 26.0. The van der Waals surface area contributed by atoms with E-state index in [4.69, 9.17) is 15.0 Å². The zero-order valence-electron chi connectivity index (χ0n) is 26.0. The number of aromatic nitrogens is 5. The van der Waals surface area contributed by atoms with Crippen LogP contribution in [0.3, 0.4) is 0 Å². The molecule has 8 aromatic rings. The summed E-state index contributed by atoms with van der Waals surface area (Å²) in [5.74, 6) is 1.69. The van der Waals surface area contributed by atoms with Crippen molar-refractivity contribution in [3.63, 3.8) is 0 Å². The molecule has 3 heterocycles. The molecule has 0 fully saturated rings. The van der Waals surface area contributed by atoms with Crippen LogP contribution >= 0.6 is 0 Å². The molecule has 0 bridgehead atoms. The molecule has 0 atom stereocenters. The Hall–Kier alpha value is -6.59. The molecule has 0 spiro atoms. The highest BCUT2D eigenvalue weighted by molar-refractivity contribution is 5.99. The summed E-state index contributed by atoms with van der Waals surface area (Å²) in [7, 11) is 0. The molecule has 5 aromatic carbocycles. The highest BCUT2D eigenvalue weighted by Gasteiger charge is 2.19. The van der Waals surface area contributed by atoms with Crippen LogP contribution in [0, 0.1) is 0 Å². The second-order valence-electron chi connectivity index (χ2n) is 11.4. The predicted molar refractivity (Wildman–Crippen MR) is 193 cm³/mol. The molecule has 0 aliphatic carbocycles. The summed E-state index contributed by atoms with van der Waals surface area (Å²) < 4.78 is 0. The Morgan fingerprint density at radius 1 is 0.292 bits per heavy atom. The third-order valence-corrected chi connectivity index (χ3v) is 8.34. The summed E-state index contributed by atoms with van der Waals surface area (Å²) in [5.41, 5.74) is 11.7. The van der Waals surface area contributed by atoms with Crippen molar-refractivity contribution in [3.8, 4) is 78.7 Å². The van der Waals surface area contributed by atoms with E-state index in [9.17, 15) is 0 Å². The zero-order chi connectivity index (χ0) is 32.1. The summed E-state index contributed by atoms with van der Waals surface area (Å²) in [6.07, 6.45) is 7.04. The average molecular weight is 616 g/mol. The van der Waals surface area contributed by atoms with Gasteiger partial charge in [0.2, 0.25) is 0 Å². The van der Waals surface area contributed by atoms with Crippen LogP contribution in [-0.4, -0.2) is 24.9 Å². The van der Waals surface area contributed by atoms with Gasteiger partial charge < -0.3 is 0 Å². The summed E-state index contributed by atoms with van der Waals surface area (Å²) in [5, 5.41) is 0. The second-order valence-corrected chi connectivity index (χ2v) is 11.4. The van der Waals surface area contributed by atoms with E-state index in [-0.39, 0.29) is 0 Å². The van der Waals surface area contributed by atoms with E-state index < -0.39 is 0 Å². The third-order valence-electron chi connectivity index (χ3n) is 8.34. The molecule has 3 aromatic heterocycles. The molecule has 8 rings (SSSR count). The highest BCUT2D eigenvalue weighted by atomic mass is 15.0. The first-order valence-electron chi connectivity index (χ1n) is 15.8. The normalized spacial score (nSPS) is 10.9. The van der Waals surface area contributed by atoms with Crippen molar-refractivity contribution in [1.82, 2.24) is 24.9 Å². The van der Waals surface area contributed by atoms with E-state index in [1.807, 2.05) is 30.3 Å². The van der Waals surface area contributed by atoms with Gasteiger partial charge in [0.15, 0.2) is 17.5 Å². The molecule has 0 amide bonds. The average Bonchev–Trinajstić information content (AvgIpc) is 3.19. The summed E-state index contributed by atoms with van der Waals surface area (Å²) in [4.78, 5) is 23.4. The van der Waals surface area contributed by atoms with Crippen molar-refractivity contribution in [1.29, 1.82) is 0 Å². The van der Waals surface area contributed by atoms with E-state index in [0.29, 0.717) is 17.5 Å². The maximum atomic E-state index is 4.97. The lowest BCUT2D eigenvalue weighted by atomic mass is 9.84. The first-order valence-corrected chi connectivity index (χ1v) is 15.8. The standard InChI is InChI=1S/C43H29N5/c1-4-13-30(14-5-1)36-21-10-22-38(40(36)32-17-8-3-9-18-32)37-24-23-33(27-39(37)31-15-6-2-7-16-31)41-46-42(34-19-11-25-44-28-34)48-43(47-41)35-20-12-26-45-29-35/h1-29H. The maximum Gasteiger partial charge on any atom is 0.165 e. The molecule has 0 saturated carbocycles. The van der Waals surface area contributed by atoms with Crippen LogP contribution in [0.5, 0.6) is 0 Å². The van der Waals surface area contributed by atoms with Crippen molar-refractivity contribution >= 4 is 0 Å². The molecular formula is C43H29N5. The molecule has 0 radical (unpaired) electrons. The number of hydrogen-bond acceptors (Lipinski definition) is 5. The van der Waals surface area contributed by atoms with Crippen molar-refractivity contribution in [2.24, 2.45) is 0 Å². The fraction of sp³-hybridized carbons (Fsp3) is 0. The quantitative estimate of drug-likeness (QED) is 0.178. The van der Waals surface area contributed by atoms with Gasteiger partial charge in [0, 0.05) is 41.5 Å². The van der Waals surface area contributed by atoms with Crippen molar-refractivity contribution in [2.45, 2.75) is 0 Å². The number of nitrogens with zero attached hydrogens (tertiary/aromatic N) is 5. The molecule has 0 aliphatic rings. The largest absolute Gasteiger partial charge is 0.264 e. The van der Waals surface area contributed by atoms with Crippen LogP contribution in [0.2, 0.25) is 0 Å². The van der Waals surface area contributed by atoms with Crippen molar-refractivity contribution in [2.75, 3.05) is 0 Å². The monoisotopic (exact) mass is 615 g/mol. The van der Waals surface area contributed by atoms with Gasteiger partial charge in [-0.2, -0.15) is 0 Å². The van der Waals surface area contributed by atoms with E-state index in [1.165, 1.54) is 16.7 Å². The molecule has 0 N–H and O–H groups in total. The summed E-state index contributed by atoms with van der Waals surface area (Å²) in [6.45, 7) is 0. The van der Waals surface area contributed by atoms with Gasteiger partial charge in [-0.25, -0.2) is 15.0 Å². The van der Waals surface area contributed by atoms with E-state index in [0.717, 1.165) is 44.5 Å². The number of benzene rings is 5. The van der Waals surface area contributed by atoms with Crippen LogP contribution in [0.15, 0.2) is 176 Å². The van der Waals surface area contributed by atoms with Gasteiger partial charge in [-0.15, -0.1) is 0 Å². The number of hydrogen-bond donors (Lipinski definition) is 0. The summed E-state index contributed by atoms with van der Waals surface area (Å²) in [6, 6.07) is 52.5. The van der Waals surface area contributed by atoms with Gasteiger partial charge >= 0.3 is 0 Å². The van der Waals surface area contributed by atoms with Crippen LogP contribution < -0.4 is 0 Å². The molecule has 0 aliphatic heterocycles. The lowest BCUT2D eigenvalue weighted by molar-refractivity contribution is 1.07. The Bertz CT molecular complexity index is 2250. The Kier molecular flexibility index (Phi) is 7.83. The van der Waals surface area contributed by atoms with Gasteiger partial charge in [0.1, 0.15) is 0 Å². The molecule has 5 heteroatoms. The van der Waals surface area contributed by atoms with Crippen LogP contribution in [-0.2, 0) is 0 Å². The van der Waals surface area contributed by atoms with Crippen molar-refractivity contribution in [3.05, 3.63) is 176 Å². The minimum Gasteiger partial charge on any atom is -0.264 e. The minimum absolute atomic E-state index is 0.555. The second kappa shape index (κ2) is 13.0. The summed E-state index contributed by atoms with van der Waals surface area (Å²) >= 11 is 0.